The van der Waals surface area contributed by atoms with E-state index in [-0.39, 0.29) is 22.3 Å². The molecule has 1 fully saturated rings. The van der Waals surface area contributed by atoms with Gasteiger partial charge in [-0.15, -0.1) is 0 Å². The molecule has 0 spiro atoms. The molecule has 21 heavy (non-hydrogen) atoms. The average Bonchev–Trinajstić information content (AvgIpc) is 2.67. The predicted molar refractivity (Wildman–Crippen MR) is 84.2 cm³/mol. The number of sulfone groups is 1. The number of hydrogen-bond donors (Lipinski definition) is 2. The van der Waals surface area contributed by atoms with Gasteiger partial charge in [0, 0.05) is 25.4 Å². The highest BCUT2D eigenvalue weighted by molar-refractivity contribution is 7.91. The van der Waals surface area contributed by atoms with Gasteiger partial charge in [-0.05, 0) is 33.6 Å². The van der Waals surface area contributed by atoms with Gasteiger partial charge in [0.05, 0.1) is 5.54 Å². The maximum absolute atomic E-state index is 12.1. The third kappa shape index (κ3) is 3.16. The quantitative estimate of drug-likeness (QED) is 0.825. The summed E-state index contributed by atoms with van der Waals surface area (Å²) in [5.74, 6) is 0.659. The molecule has 0 atom stereocenters. The van der Waals surface area contributed by atoms with Gasteiger partial charge in [-0.1, -0.05) is 0 Å². The molecule has 7 nitrogen and oxygen atoms in total. The number of aromatic nitrogens is 2. The Morgan fingerprint density at radius 3 is 2.19 bits per heavy atom. The number of nitrogens with two attached hydrogens (primary N) is 2. The number of rotatable bonds is 2. The minimum Gasteiger partial charge on any atom is -0.383 e. The summed E-state index contributed by atoms with van der Waals surface area (Å²) in [5, 5.41) is 4.49. The highest BCUT2D eigenvalue weighted by Crippen LogP contribution is 2.34. The van der Waals surface area contributed by atoms with Gasteiger partial charge in [-0.3, -0.25) is 0 Å². The standard InChI is InChI=1S/C13H25N5O2S/c1-13(2,3)18-11(15)10(21(4,19)20)12(16-18)17-7-5-9(14)6-8-17/h9H,5-8,14-15H2,1-4H3. The van der Waals surface area contributed by atoms with E-state index in [1.165, 1.54) is 6.26 Å². The molecule has 1 saturated heterocycles. The van der Waals surface area contributed by atoms with Crippen molar-refractivity contribution < 1.29 is 8.42 Å². The molecule has 0 aromatic carbocycles. The van der Waals surface area contributed by atoms with Gasteiger partial charge in [0.25, 0.3) is 0 Å². The van der Waals surface area contributed by atoms with Crippen molar-refractivity contribution in [1.29, 1.82) is 0 Å². The molecule has 0 aliphatic carbocycles. The first-order valence-electron chi connectivity index (χ1n) is 7.11. The van der Waals surface area contributed by atoms with Crippen molar-refractivity contribution in [3.8, 4) is 0 Å². The monoisotopic (exact) mass is 315 g/mol. The van der Waals surface area contributed by atoms with Gasteiger partial charge in [0.2, 0.25) is 0 Å². The third-order valence-electron chi connectivity index (χ3n) is 3.70. The fraction of sp³-hybridized carbons (Fsp3) is 0.769. The summed E-state index contributed by atoms with van der Waals surface area (Å²) in [6.45, 7) is 7.23. The minimum atomic E-state index is -3.45. The molecule has 1 aliphatic rings. The zero-order chi connectivity index (χ0) is 16.0. The van der Waals surface area contributed by atoms with E-state index in [1.54, 1.807) is 4.68 Å². The van der Waals surface area contributed by atoms with E-state index in [0.29, 0.717) is 18.9 Å². The van der Waals surface area contributed by atoms with Gasteiger partial charge in [0.1, 0.15) is 5.82 Å². The van der Waals surface area contributed by atoms with E-state index >= 15 is 0 Å². The largest absolute Gasteiger partial charge is 0.383 e. The molecule has 4 N–H and O–H groups in total. The second-order valence-electron chi connectivity index (χ2n) is 6.72. The fourth-order valence-corrected chi connectivity index (χ4v) is 3.56. The van der Waals surface area contributed by atoms with Crippen LogP contribution in [0.5, 0.6) is 0 Å². The highest BCUT2D eigenvalue weighted by Gasteiger charge is 2.32. The van der Waals surface area contributed by atoms with Crippen LogP contribution < -0.4 is 16.4 Å². The van der Waals surface area contributed by atoms with Gasteiger partial charge >= 0.3 is 0 Å². The summed E-state index contributed by atoms with van der Waals surface area (Å²) in [6, 6.07) is 0.171. The maximum Gasteiger partial charge on any atom is 0.182 e. The molecule has 0 bridgehead atoms. The van der Waals surface area contributed by atoms with Crippen molar-refractivity contribution in [1.82, 2.24) is 9.78 Å². The first-order valence-corrected chi connectivity index (χ1v) is 9.00. The van der Waals surface area contributed by atoms with Crippen molar-refractivity contribution in [3.05, 3.63) is 0 Å². The summed E-state index contributed by atoms with van der Waals surface area (Å²) < 4.78 is 25.9. The number of piperidine rings is 1. The normalized spacial score (nSPS) is 18.2. The average molecular weight is 315 g/mol. The second-order valence-corrected chi connectivity index (χ2v) is 8.67. The van der Waals surface area contributed by atoms with Gasteiger partial charge in [0.15, 0.2) is 20.6 Å². The molecule has 2 rings (SSSR count). The van der Waals surface area contributed by atoms with Crippen LogP contribution in [0.25, 0.3) is 0 Å². The van der Waals surface area contributed by atoms with Gasteiger partial charge < -0.3 is 16.4 Å². The van der Waals surface area contributed by atoms with E-state index in [2.05, 4.69) is 5.10 Å². The second kappa shape index (κ2) is 5.17. The molecular weight excluding hydrogens is 290 g/mol. The zero-order valence-electron chi connectivity index (χ0n) is 13.1. The summed E-state index contributed by atoms with van der Waals surface area (Å²) >= 11 is 0. The van der Waals surface area contributed by atoms with Crippen LogP contribution in [-0.4, -0.2) is 43.6 Å². The predicted octanol–water partition coefficient (Wildman–Crippen LogP) is 0.551. The SMILES string of the molecule is CC(C)(C)n1nc(N2CCC(N)CC2)c(S(C)(=O)=O)c1N. The van der Waals surface area contributed by atoms with Crippen molar-refractivity contribution in [2.24, 2.45) is 5.73 Å². The lowest BCUT2D eigenvalue weighted by molar-refractivity contribution is 0.360. The minimum absolute atomic E-state index is 0.132. The maximum atomic E-state index is 12.1. The Labute approximate surface area is 126 Å². The summed E-state index contributed by atoms with van der Waals surface area (Å²) in [6.07, 6.45) is 2.82. The van der Waals surface area contributed by atoms with Crippen LogP contribution in [0.3, 0.4) is 0 Å². The zero-order valence-corrected chi connectivity index (χ0v) is 13.9. The van der Waals surface area contributed by atoms with Crippen LogP contribution in [-0.2, 0) is 15.4 Å². The molecular formula is C13H25N5O2S. The van der Waals surface area contributed by atoms with E-state index in [0.717, 1.165) is 12.8 Å². The molecule has 1 aromatic rings. The Balaban J connectivity index is 2.54. The van der Waals surface area contributed by atoms with E-state index in [9.17, 15) is 8.42 Å². The Hall–Kier alpha value is -1.28. The van der Waals surface area contributed by atoms with Crippen LogP contribution in [0.1, 0.15) is 33.6 Å². The molecule has 1 aromatic heterocycles. The van der Waals surface area contributed by atoms with E-state index in [4.69, 9.17) is 11.5 Å². The highest BCUT2D eigenvalue weighted by atomic mass is 32.2. The molecule has 0 radical (unpaired) electrons. The summed E-state index contributed by atoms with van der Waals surface area (Å²) in [5.41, 5.74) is 11.6. The molecule has 8 heteroatoms. The summed E-state index contributed by atoms with van der Waals surface area (Å²) in [4.78, 5) is 2.10. The lowest BCUT2D eigenvalue weighted by Gasteiger charge is -2.30. The molecule has 120 valence electrons. The van der Waals surface area contributed by atoms with Gasteiger partial charge in [-0.2, -0.15) is 5.10 Å². The summed E-state index contributed by atoms with van der Waals surface area (Å²) in [7, 11) is -3.45. The first-order chi connectivity index (χ1) is 9.51. The van der Waals surface area contributed by atoms with Crippen LogP contribution in [0.15, 0.2) is 4.90 Å². The van der Waals surface area contributed by atoms with Crippen molar-refractivity contribution in [2.75, 3.05) is 30.0 Å². The smallest absolute Gasteiger partial charge is 0.182 e. The van der Waals surface area contributed by atoms with Crippen LogP contribution in [0, 0.1) is 0 Å². The Morgan fingerprint density at radius 2 is 1.76 bits per heavy atom. The fourth-order valence-electron chi connectivity index (χ4n) is 2.59. The Bertz CT molecular complexity index is 622. The van der Waals surface area contributed by atoms with Crippen molar-refractivity contribution in [3.63, 3.8) is 0 Å². The Kier molecular flexibility index (Phi) is 3.96. The first kappa shape index (κ1) is 16.1. The molecule has 0 amide bonds. The van der Waals surface area contributed by atoms with Gasteiger partial charge in [-0.25, -0.2) is 13.1 Å². The van der Waals surface area contributed by atoms with Crippen molar-refractivity contribution in [2.45, 2.75) is 50.1 Å². The number of nitrogen functional groups attached to an aromatic ring is 1. The molecule has 0 unspecified atom stereocenters. The number of anilines is 2. The van der Waals surface area contributed by atoms with Crippen LogP contribution >= 0.6 is 0 Å². The number of nitrogens with zero attached hydrogens (tertiary/aromatic N) is 3. The lowest BCUT2D eigenvalue weighted by Crippen LogP contribution is -2.40. The molecule has 2 heterocycles. The van der Waals surface area contributed by atoms with E-state index < -0.39 is 9.84 Å². The van der Waals surface area contributed by atoms with E-state index in [1.807, 2.05) is 25.7 Å². The van der Waals surface area contributed by atoms with Crippen LogP contribution in [0.2, 0.25) is 0 Å². The molecule has 1 aliphatic heterocycles. The lowest BCUT2D eigenvalue weighted by atomic mass is 10.1. The Morgan fingerprint density at radius 1 is 1.24 bits per heavy atom. The third-order valence-corrected chi connectivity index (χ3v) is 4.84. The topological polar surface area (TPSA) is 107 Å². The van der Waals surface area contributed by atoms with Crippen molar-refractivity contribution >= 4 is 21.5 Å². The van der Waals surface area contributed by atoms with Crippen LogP contribution in [0.4, 0.5) is 11.6 Å². The molecule has 0 saturated carbocycles. The number of hydrogen-bond acceptors (Lipinski definition) is 6.